The lowest BCUT2D eigenvalue weighted by Gasteiger charge is -2.23. The van der Waals surface area contributed by atoms with Crippen molar-refractivity contribution in [3.63, 3.8) is 0 Å². The van der Waals surface area contributed by atoms with E-state index in [9.17, 15) is 0 Å². The molecular weight excluding hydrogens is 160 g/mol. The zero-order chi connectivity index (χ0) is 9.26. The van der Waals surface area contributed by atoms with E-state index < -0.39 is 0 Å². The van der Waals surface area contributed by atoms with Gasteiger partial charge in [0.05, 0.1) is 0 Å². The molecule has 13 heavy (non-hydrogen) atoms. The molecule has 1 saturated carbocycles. The number of hydrogen-bond acceptors (Lipinski definition) is 2. The monoisotopic (exact) mass is 182 g/mol. The molecule has 2 fully saturated rings. The summed E-state index contributed by atoms with van der Waals surface area (Å²) in [4.78, 5) is 2.43. The Labute approximate surface area is 81.7 Å². The lowest BCUT2D eigenvalue weighted by Crippen LogP contribution is -2.38. The fourth-order valence-electron chi connectivity index (χ4n) is 2.97. The quantitative estimate of drug-likeness (QED) is 0.708. The summed E-state index contributed by atoms with van der Waals surface area (Å²) in [6, 6.07) is 0.789. The first-order valence-electron chi connectivity index (χ1n) is 5.73. The zero-order valence-electron chi connectivity index (χ0n) is 8.92. The number of rotatable bonds is 3. The molecule has 0 bridgehead atoms. The Morgan fingerprint density at radius 3 is 3.00 bits per heavy atom. The van der Waals surface area contributed by atoms with Gasteiger partial charge in [0.15, 0.2) is 0 Å². The van der Waals surface area contributed by atoms with Crippen LogP contribution >= 0.6 is 0 Å². The Balaban J connectivity index is 1.86. The predicted octanol–water partition coefficient (Wildman–Crippen LogP) is 1.33. The topological polar surface area (TPSA) is 15.3 Å². The molecule has 0 aromatic carbocycles. The number of nitrogens with zero attached hydrogens (tertiary/aromatic N) is 1. The predicted molar refractivity (Wildman–Crippen MR) is 55.8 cm³/mol. The van der Waals surface area contributed by atoms with Crippen molar-refractivity contribution in [3.05, 3.63) is 0 Å². The maximum absolute atomic E-state index is 3.68. The number of hydrogen-bond donors (Lipinski definition) is 1. The van der Waals surface area contributed by atoms with Crippen LogP contribution in [0, 0.1) is 11.8 Å². The highest BCUT2D eigenvalue weighted by Crippen LogP contribution is 2.37. The van der Waals surface area contributed by atoms with Crippen molar-refractivity contribution < 1.29 is 0 Å². The van der Waals surface area contributed by atoms with Crippen LogP contribution in [0.2, 0.25) is 0 Å². The van der Waals surface area contributed by atoms with Gasteiger partial charge in [-0.15, -0.1) is 0 Å². The third-order valence-electron chi connectivity index (χ3n) is 3.93. The average Bonchev–Trinajstić information content (AvgIpc) is 2.69. The normalized spacial score (nSPS) is 38.5. The van der Waals surface area contributed by atoms with Crippen LogP contribution < -0.4 is 5.32 Å². The summed E-state index contributed by atoms with van der Waals surface area (Å²) in [6.45, 7) is 5.95. The van der Waals surface area contributed by atoms with E-state index in [0.29, 0.717) is 0 Å². The number of nitrogens with one attached hydrogen (secondary N) is 1. The Morgan fingerprint density at radius 1 is 1.38 bits per heavy atom. The second-order valence-corrected chi connectivity index (χ2v) is 4.72. The Kier molecular flexibility index (Phi) is 2.89. The van der Waals surface area contributed by atoms with Crippen molar-refractivity contribution in [1.29, 1.82) is 0 Å². The molecule has 1 aliphatic heterocycles. The van der Waals surface area contributed by atoms with Crippen LogP contribution in [0.25, 0.3) is 0 Å². The fourth-order valence-corrected chi connectivity index (χ4v) is 2.97. The molecule has 1 aliphatic carbocycles. The smallest absolute Gasteiger partial charge is 0.0226 e. The second-order valence-electron chi connectivity index (χ2n) is 4.72. The lowest BCUT2D eigenvalue weighted by atomic mass is 9.94. The van der Waals surface area contributed by atoms with Crippen molar-refractivity contribution in [1.82, 2.24) is 10.2 Å². The van der Waals surface area contributed by atoms with Gasteiger partial charge in [-0.25, -0.2) is 0 Å². The summed E-state index contributed by atoms with van der Waals surface area (Å²) >= 11 is 0. The minimum absolute atomic E-state index is 0.789. The summed E-state index contributed by atoms with van der Waals surface area (Å²) in [6.07, 6.45) is 4.42. The third-order valence-corrected chi connectivity index (χ3v) is 3.93. The summed E-state index contributed by atoms with van der Waals surface area (Å²) < 4.78 is 0. The molecule has 0 spiro atoms. The molecular formula is C11H22N2. The van der Waals surface area contributed by atoms with Gasteiger partial charge in [-0.2, -0.15) is 0 Å². The first kappa shape index (κ1) is 9.47. The molecule has 2 aliphatic rings. The van der Waals surface area contributed by atoms with E-state index >= 15 is 0 Å². The molecule has 76 valence electrons. The summed E-state index contributed by atoms with van der Waals surface area (Å²) in [5, 5.41) is 3.68. The first-order chi connectivity index (χ1) is 6.31. The van der Waals surface area contributed by atoms with E-state index in [1.807, 2.05) is 0 Å². The van der Waals surface area contributed by atoms with Crippen LogP contribution in [-0.2, 0) is 0 Å². The molecule has 1 N–H and O–H groups in total. The Hall–Kier alpha value is -0.0800. The van der Waals surface area contributed by atoms with Gasteiger partial charge in [0, 0.05) is 12.6 Å². The molecule has 2 nitrogen and oxygen atoms in total. The lowest BCUT2D eigenvalue weighted by molar-refractivity contribution is 0.275. The van der Waals surface area contributed by atoms with Gasteiger partial charge in [-0.3, -0.25) is 0 Å². The molecule has 3 unspecified atom stereocenters. The van der Waals surface area contributed by atoms with Gasteiger partial charge in [-0.05, 0) is 44.8 Å². The van der Waals surface area contributed by atoms with E-state index in [2.05, 4.69) is 24.2 Å². The van der Waals surface area contributed by atoms with Crippen LogP contribution in [0.5, 0.6) is 0 Å². The van der Waals surface area contributed by atoms with Gasteiger partial charge in [0.1, 0.15) is 0 Å². The molecule has 0 radical (unpaired) electrons. The largest absolute Gasteiger partial charge is 0.312 e. The molecule has 3 atom stereocenters. The SMILES string of the molecule is CCN(C)CC1NCC2CCCC21. The van der Waals surface area contributed by atoms with Crippen molar-refractivity contribution >= 4 is 0 Å². The first-order valence-corrected chi connectivity index (χ1v) is 5.73. The van der Waals surface area contributed by atoms with Crippen molar-refractivity contribution in [3.8, 4) is 0 Å². The second kappa shape index (κ2) is 3.97. The minimum Gasteiger partial charge on any atom is -0.312 e. The van der Waals surface area contributed by atoms with Crippen LogP contribution in [0.1, 0.15) is 26.2 Å². The van der Waals surface area contributed by atoms with Gasteiger partial charge < -0.3 is 10.2 Å². The summed E-state index contributed by atoms with van der Waals surface area (Å²) in [5.74, 6) is 2.00. The van der Waals surface area contributed by atoms with Crippen LogP contribution in [-0.4, -0.2) is 37.6 Å². The molecule has 0 aromatic heterocycles. The highest BCUT2D eigenvalue weighted by atomic mass is 15.1. The van der Waals surface area contributed by atoms with Gasteiger partial charge in [0.25, 0.3) is 0 Å². The standard InChI is InChI=1S/C11H22N2/c1-3-13(2)8-11-10-6-4-5-9(10)7-12-11/h9-12H,3-8H2,1-2H3. The van der Waals surface area contributed by atoms with Crippen LogP contribution in [0.4, 0.5) is 0 Å². The van der Waals surface area contributed by atoms with E-state index in [4.69, 9.17) is 0 Å². The highest BCUT2D eigenvalue weighted by Gasteiger charge is 2.38. The van der Waals surface area contributed by atoms with Gasteiger partial charge in [0.2, 0.25) is 0 Å². The van der Waals surface area contributed by atoms with Crippen molar-refractivity contribution in [2.45, 2.75) is 32.2 Å². The van der Waals surface area contributed by atoms with E-state index in [1.54, 1.807) is 0 Å². The molecule has 1 heterocycles. The van der Waals surface area contributed by atoms with Crippen LogP contribution in [0.15, 0.2) is 0 Å². The minimum atomic E-state index is 0.789. The summed E-state index contributed by atoms with van der Waals surface area (Å²) in [7, 11) is 2.23. The van der Waals surface area contributed by atoms with E-state index in [0.717, 1.165) is 17.9 Å². The molecule has 0 amide bonds. The maximum Gasteiger partial charge on any atom is 0.0226 e. The molecule has 1 saturated heterocycles. The fraction of sp³-hybridized carbons (Fsp3) is 1.00. The maximum atomic E-state index is 3.68. The summed E-state index contributed by atoms with van der Waals surface area (Å²) in [5.41, 5.74) is 0. The third kappa shape index (κ3) is 1.89. The van der Waals surface area contributed by atoms with Crippen LogP contribution in [0.3, 0.4) is 0 Å². The molecule has 2 heteroatoms. The number of likely N-dealkylation sites (N-methyl/N-ethyl adjacent to an activating group) is 1. The molecule has 2 rings (SSSR count). The Morgan fingerprint density at radius 2 is 2.23 bits per heavy atom. The van der Waals surface area contributed by atoms with E-state index in [1.165, 1.54) is 38.9 Å². The highest BCUT2D eigenvalue weighted by molar-refractivity contribution is 4.94. The average molecular weight is 182 g/mol. The van der Waals surface area contributed by atoms with E-state index in [-0.39, 0.29) is 0 Å². The van der Waals surface area contributed by atoms with Crippen molar-refractivity contribution in [2.75, 3.05) is 26.7 Å². The number of fused-ring (bicyclic) bond motifs is 1. The Bertz CT molecular complexity index is 169. The van der Waals surface area contributed by atoms with Gasteiger partial charge in [-0.1, -0.05) is 13.3 Å². The zero-order valence-corrected chi connectivity index (χ0v) is 8.92. The molecule has 0 aromatic rings. The van der Waals surface area contributed by atoms with Gasteiger partial charge >= 0.3 is 0 Å². The van der Waals surface area contributed by atoms with Crippen molar-refractivity contribution in [2.24, 2.45) is 11.8 Å².